The van der Waals surface area contributed by atoms with Crippen LogP contribution < -0.4 is 0 Å². The molecule has 3 heterocycles. The molecule has 0 radical (unpaired) electrons. The largest absolute Gasteiger partial charge is 0.465 e. The number of hydrogen-bond acceptors (Lipinski definition) is 5. The SMILES string of the molecule is CCN(Cc1cn2cccc(C(=O)OC)c2n1)C[C@@H]1CCOC1. The van der Waals surface area contributed by atoms with Crippen LogP contribution in [0.5, 0.6) is 0 Å². The van der Waals surface area contributed by atoms with Crippen molar-refractivity contribution in [1.29, 1.82) is 0 Å². The summed E-state index contributed by atoms with van der Waals surface area (Å²) < 4.78 is 12.2. The second-order valence-electron chi connectivity index (χ2n) is 5.93. The van der Waals surface area contributed by atoms with Crippen LogP contribution in [0.1, 0.15) is 29.4 Å². The summed E-state index contributed by atoms with van der Waals surface area (Å²) in [4.78, 5) is 18.9. The number of rotatable bonds is 6. The summed E-state index contributed by atoms with van der Waals surface area (Å²) in [6.45, 7) is 6.65. The smallest absolute Gasteiger partial charge is 0.341 e. The van der Waals surface area contributed by atoms with Gasteiger partial charge in [0, 0.05) is 32.1 Å². The van der Waals surface area contributed by atoms with E-state index >= 15 is 0 Å². The van der Waals surface area contributed by atoms with E-state index in [2.05, 4.69) is 16.8 Å². The van der Waals surface area contributed by atoms with Gasteiger partial charge in [-0.2, -0.15) is 0 Å². The van der Waals surface area contributed by atoms with Crippen LogP contribution in [0.2, 0.25) is 0 Å². The highest BCUT2D eigenvalue weighted by atomic mass is 16.5. The Morgan fingerprint density at radius 1 is 1.57 bits per heavy atom. The van der Waals surface area contributed by atoms with E-state index in [0.29, 0.717) is 17.1 Å². The Morgan fingerprint density at radius 2 is 2.43 bits per heavy atom. The van der Waals surface area contributed by atoms with Gasteiger partial charge in [-0.25, -0.2) is 9.78 Å². The molecule has 1 fully saturated rings. The molecule has 1 aliphatic heterocycles. The second-order valence-corrected chi connectivity index (χ2v) is 5.93. The first-order valence-electron chi connectivity index (χ1n) is 8.06. The van der Waals surface area contributed by atoms with Crippen LogP contribution in [0.15, 0.2) is 24.5 Å². The molecule has 0 amide bonds. The van der Waals surface area contributed by atoms with Gasteiger partial charge in [0.15, 0.2) is 5.65 Å². The molecule has 0 aliphatic carbocycles. The van der Waals surface area contributed by atoms with Gasteiger partial charge in [-0.1, -0.05) is 6.92 Å². The fourth-order valence-corrected chi connectivity index (χ4v) is 3.04. The highest BCUT2D eigenvalue weighted by Crippen LogP contribution is 2.17. The van der Waals surface area contributed by atoms with E-state index in [1.807, 2.05) is 22.9 Å². The van der Waals surface area contributed by atoms with Crippen molar-refractivity contribution < 1.29 is 14.3 Å². The summed E-state index contributed by atoms with van der Waals surface area (Å²) in [6, 6.07) is 3.57. The third-order valence-electron chi connectivity index (χ3n) is 4.31. The summed E-state index contributed by atoms with van der Waals surface area (Å²) in [6.07, 6.45) is 5.02. The van der Waals surface area contributed by atoms with Crippen molar-refractivity contribution in [2.75, 3.05) is 33.4 Å². The maximum absolute atomic E-state index is 11.8. The van der Waals surface area contributed by atoms with Gasteiger partial charge in [-0.3, -0.25) is 4.90 Å². The molecule has 6 heteroatoms. The van der Waals surface area contributed by atoms with Gasteiger partial charge in [0.25, 0.3) is 0 Å². The highest BCUT2D eigenvalue weighted by molar-refractivity contribution is 5.95. The third-order valence-corrected chi connectivity index (χ3v) is 4.31. The minimum atomic E-state index is -0.358. The van der Waals surface area contributed by atoms with E-state index in [-0.39, 0.29) is 5.97 Å². The molecular formula is C17H23N3O3. The van der Waals surface area contributed by atoms with Gasteiger partial charge in [0.05, 0.1) is 19.4 Å². The fourth-order valence-electron chi connectivity index (χ4n) is 3.04. The monoisotopic (exact) mass is 317 g/mol. The number of imidazole rings is 1. The molecule has 2 aromatic heterocycles. The van der Waals surface area contributed by atoms with Crippen LogP contribution in [0.3, 0.4) is 0 Å². The molecule has 0 N–H and O–H groups in total. The molecule has 124 valence electrons. The fraction of sp³-hybridized carbons (Fsp3) is 0.529. The van der Waals surface area contributed by atoms with Gasteiger partial charge >= 0.3 is 5.97 Å². The van der Waals surface area contributed by atoms with Crippen molar-refractivity contribution in [3.8, 4) is 0 Å². The van der Waals surface area contributed by atoms with Crippen molar-refractivity contribution in [2.24, 2.45) is 5.92 Å². The van der Waals surface area contributed by atoms with Crippen LogP contribution in [-0.4, -0.2) is 53.7 Å². The normalized spacial score (nSPS) is 18.0. The van der Waals surface area contributed by atoms with Crippen LogP contribution in [0.25, 0.3) is 5.65 Å². The van der Waals surface area contributed by atoms with Gasteiger partial charge in [0.1, 0.15) is 5.56 Å². The summed E-state index contributed by atoms with van der Waals surface area (Å²) in [5.74, 6) is 0.251. The summed E-state index contributed by atoms with van der Waals surface area (Å²) in [7, 11) is 1.39. The zero-order valence-electron chi connectivity index (χ0n) is 13.7. The van der Waals surface area contributed by atoms with Gasteiger partial charge in [-0.15, -0.1) is 0 Å². The molecule has 0 bridgehead atoms. The zero-order chi connectivity index (χ0) is 16.2. The molecule has 6 nitrogen and oxygen atoms in total. The number of methoxy groups -OCH3 is 1. The van der Waals surface area contributed by atoms with Crippen molar-refractivity contribution in [3.63, 3.8) is 0 Å². The van der Waals surface area contributed by atoms with E-state index < -0.39 is 0 Å². The Balaban J connectivity index is 1.78. The Bertz CT molecular complexity index is 677. The average Bonchev–Trinajstić information content (AvgIpc) is 3.21. The first-order chi connectivity index (χ1) is 11.2. The lowest BCUT2D eigenvalue weighted by atomic mass is 10.1. The molecule has 1 atom stereocenters. The minimum absolute atomic E-state index is 0.358. The summed E-state index contributed by atoms with van der Waals surface area (Å²) in [5, 5.41) is 0. The van der Waals surface area contributed by atoms with Crippen molar-refractivity contribution >= 4 is 11.6 Å². The number of aromatic nitrogens is 2. The number of esters is 1. The van der Waals surface area contributed by atoms with Crippen LogP contribution in [-0.2, 0) is 16.0 Å². The van der Waals surface area contributed by atoms with Crippen molar-refractivity contribution in [3.05, 3.63) is 35.8 Å². The molecular weight excluding hydrogens is 294 g/mol. The molecule has 3 rings (SSSR count). The predicted molar refractivity (Wildman–Crippen MR) is 86.4 cm³/mol. The zero-order valence-corrected chi connectivity index (χ0v) is 13.7. The molecule has 0 spiro atoms. The summed E-state index contributed by atoms with van der Waals surface area (Å²) >= 11 is 0. The van der Waals surface area contributed by atoms with E-state index in [1.54, 1.807) is 6.07 Å². The number of fused-ring (bicyclic) bond motifs is 1. The lowest BCUT2D eigenvalue weighted by molar-refractivity contribution is 0.0602. The number of pyridine rings is 1. The Labute approximate surface area is 136 Å². The first-order valence-corrected chi connectivity index (χ1v) is 8.06. The van der Waals surface area contributed by atoms with Gasteiger partial charge in [0.2, 0.25) is 0 Å². The molecule has 1 saturated heterocycles. The first kappa shape index (κ1) is 16.0. The number of ether oxygens (including phenoxy) is 2. The lowest BCUT2D eigenvalue weighted by Crippen LogP contribution is -2.29. The Hall–Kier alpha value is -1.92. The van der Waals surface area contributed by atoms with E-state index in [1.165, 1.54) is 7.11 Å². The number of carbonyl (C=O) groups excluding carboxylic acids is 1. The van der Waals surface area contributed by atoms with Gasteiger partial charge in [-0.05, 0) is 31.0 Å². The number of nitrogens with zero attached hydrogens (tertiary/aromatic N) is 3. The summed E-state index contributed by atoms with van der Waals surface area (Å²) in [5.41, 5.74) is 2.10. The van der Waals surface area contributed by atoms with Crippen molar-refractivity contribution in [1.82, 2.24) is 14.3 Å². The molecule has 23 heavy (non-hydrogen) atoms. The molecule has 1 aliphatic rings. The number of hydrogen-bond donors (Lipinski definition) is 0. The standard InChI is InChI=1S/C17H23N3O3/c1-3-19(9-13-6-8-23-12-13)10-14-11-20-7-4-5-15(16(20)18-14)17(21)22-2/h4-5,7,11,13H,3,6,8-10,12H2,1-2H3/t13-/m0/s1. The molecule has 0 saturated carbocycles. The predicted octanol–water partition coefficient (Wildman–Crippen LogP) is 1.98. The Kier molecular flexibility index (Phi) is 4.93. The molecule has 2 aromatic rings. The van der Waals surface area contributed by atoms with Crippen LogP contribution in [0, 0.1) is 5.92 Å². The highest BCUT2D eigenvalue weighted by Gasteiger charge is 2.20. The van der Waals surface area contributed by atoms with Gasteiger partial charge < -0.3 is 13.9 Å². The van der Waals surface area contributed by atoms with E-state index in [9.17, 15) is 4.79 Å². The average molecular weight is 317 g/mol. The maximum atomic E-state index is 11.8. The molecule has 0 aromatic carbocycles. The quantitative estimate of drug-likeness (QED) is 0.763. The topological polar surface area (TPSA) is 56.1 Å². The van der Waals surface area contributed by atoms with Crippen molar-refractivity contribution in [2.45, 2.75) is 19.9 Å². The van der Waals surface area contributed by atoms with Crippen LogP contribution >= 0.6 is 0 Å². The Morgan fingerprint density at radius 3 is 3.13 bits per heavy atom. The van der Waals surface area contributed by atoms with E-state index in [4.69, 9.17) is 9.47 Å². The second kappa shape index (κ2) is 7.10. The molecule has 0 unspecified atom stereocenters. The van der Waals surface area contributed by atoms with Crippen LogP contribution in [0.4, 0.5) is 0 Å². The van der Waals surface area contributed by atoms with E-state index in [0.717, 1.165) is 45.0 Å². The number of carbonyl (C=O) groups is 1. The lowest BCUT2D eigenvalue weighted by Gasteiger charge is -2.22. The maximum Gasteiger partial charge on any atom is 0.341 e. The minimum Gasteiger partial charge on any atom is -0.465 e. The third kappa shape index (κ3) is 3.54.